The van der Waals surface area contributed by atoms with Gasteiger partial charge in [-0.2, -0.15) is 14.5 Å². The molecule has 0 unspecified atom stereocenters. The molecule has 1 aliphatic heterocycles. The number of nitrogens with zero attached hydrogens (tertiary/aromatic N) is 6. The van der Waals surface area contributed by atoms with E-state index in [1.807, 2.05) is 6.07 Å². The normalized spacial score (nSPS) is 13.4. The van der Waals surface area contributed by atoms with Crippen LogP contribution in [0.2, 0.25) is 0 Å². The first kappa shape index (κ1) is 16.9. The summed E-state index contributed by atoms with van der Waals surface area (Å²) < 4.78 is 25.5. The Labute approximate surface area is 153 Å². The van der Waals surface area contributed by atoms with Crippen LogP contribution in [0.5, 0.6) is 11.8 Å². The average molecular weight is 370 g/mol. The number of methoxy groups -OCH3 is 1. The maximum Gasteiger partial charge on any atom is 0.278 e. The molecule has 1 amide bonds. The molecule has 0 aromatic carbocycles. The van der Waals surface area contributed by atoms with Gasteiger partial charge in [-0.15, -0.1) is 0 Å². The number of hydrogen-bond acceptors (Lipinski definition) is 7. The van der Waals surface area contributed by atoms with Crippen LogP contribution in [0.15, 0.2) is 36.7 Å². The predicted octanol–water partition coefficient (Wildman–Crippen LogP) is 1.46. The van der Waals surface area contributed by atoms with Gasteiger partial charge in [0.1, 0.15) is 18.0 Å². The Balaban J connectivity index is 1.53. The van der Waals surface area contributed by atoms with Gasteiger partial charge in [0.15, 0.2) is 0 Å². The maximum atomic E-state index is 13.5. The molecular weight excluding hydrogens is 355 g/mol. The molecule has 0 N–H and O–H groups in total. The largest absolute Gasteiger partial charge is 0.479 e. The lowest BCUT2D eigenvalue weighted by molar-refractivity contribution is 0.0960. The van der Waals surface area contributed by atoms with Crippen molar-refractivity contribution in [3.8, 4) is 11.8 Å². The van der Waals surface area contributed by atoms with Gasteiger partial charge in [-0.1, -0.05) is 6.07 Å². The molecule has 4 heterocycles. The molecule has 0 atom stereocenters. The lowest BCUT2D eigenvalue weighted by Gasteiger charge is -2.25. The first-order chi connectivity index (χ1) is 13.2. The van der Waals surface area contributed by atoms with E-state index in [0.717, 1.165) is 6.20 Å². The van der Waals surface area contributed by atoms with Gasteiger partial charge in [-0.05, 0) is 12.1 Å². The van der Waals surface area contributed by atoms with Crippen LogP contribution in [-0.2, 0) is 13.2 Å². The van der Waals surface area contributed by atoms with E-state index in [9.17, 15) is 9.18 Å². The summed E-state index contributed by atoms with van der Waals surface area (Å²) in [7, 11) is 1.30. The average Bonchev–Trinajstić information content (AvgIpc) is 3.12. The third kappa shape index (κ3) is 3.28. The third-order valence-electron chi connectivity index (χ3n) is 3.97. The minimum atomic E-state index is -0.690. The van der Waals surface area contributed by atoms with Crippen molar-refractivity contribution in [2.75, 3.05) is 18.6 Å². The zero-order valence-electron chi connectivity index (χ0n) is 14.4. The number of pyridine rings is 1. The van der Waals surface area contributed by atoms with Gasteiger partial charge >= 0.3 is 0 Å². The van der Waals surface area contributed by atoms with Crippen molar-refractivity contribution >= 4 is 11.9 Å². The number of anilines is 1. The maximum absolute atomic E-state index is 13.5. The predicted molar refractivity (Wildman–Crippen MR) is 91.0 cm³/mol. The number of halogens is 1. The van der Waals surface area contributed by atoms with Gasteiger partial charge in [-0.3, -0.25) is 14.4 Å². The monoisotopic (exact) mass is 370 g/mol. The van der Waals surface area contributed by atoms with Crippen LogP contribution in [-0.4, -0.2) is 44.3 Å². The van der Waals surface area contributed by atoms with E-state index in [-0.39, 0.29) is 24.3 Å². The van der Waals surface area contributed by atoms with E-state index < -0.39 is 5.82 Å². The Kier molecular flexibility index (Phi) is 4.37. The standard InChI is InChI=1S/C17H15FN6O3/c1-26-15-12(18)9-20-17(21-15)23-6-7-24-13(16(23)25)8-11(22-24)10-27-14-4-2-3-5-19-14/h2-5,8-9H,6-7,10H2,1H3. The molecule has 10 heteroatoms. The Hall–Kier alpha value is -3.56. The summed E-state index contributed by atoms with van der Waals surface area (Å²) >= 11 is 0. The first-order valence-electron chi connectivity index (χ1n) is 8.14. The van der Waals surface area contributed by atoms with Crippen molar-refractivity contribution in [2.45, 2.75) is 13.2 Å². The van der Waals surface area contributed by atoms with E-state index in [0.29, 0.717) is 30.4 Å². The zero-order valence-corrected chi connectivity index (χ0v) is 14.4. The quantitative estimate of drug-likeness (QED) is 0.671. The van der Waals surface area contributed by atoms with Gasteiger partial charge in [0.25, 0.3) is 11.8 Å². The highest BCUT2D eigenvalue weighted by Gasteiger charge is 2.29. The summed E-state index contributed by atoms with van der Waals surface area (Å²) in [6.45, 7) is 0.946. The molecule has 4 rings (SSSR count). The number of ether oxygens (including phenoxy) is 2. The minimum Gasteiger partial charge on any atom is -0.479 e. The summed E-state index contributed by atoms with van der Waals surface area (Å²) in [6, 6.07) is 7.00. The molecule has 0 bridgehead atoms. The van der Waals surface area contributed by atoms with Gasteiger partial charge in [-0.25, -0.2) is 9.97 Å². The highest BCUT2D eigenvalue weighted by atomic mass is 19.1. The molecule has 3 aromatic rings. The van der Waals surface area contributed by atoms with Crippen LogP contribution in [0, 0.1) is 5.82 Å². The smallest absolute Gasteiger partial charge is 0.278 e. The molecule has 0 fully saturated rings. The van der Waals surface area contributed by atoms with E-state index in [1.165, 1.54) is 12.0 Å². The van der Waals surface area contributed by atoms with E-state index >= 15 is 0 Å². The Morgan fingerprint density at radius 3 is 2.93 bits per heavy atom. The molecular formula is C17H15FN6O3. The topological polar surface area (TPSA) is 95.3 Å². The van der Waals surface area contributed by atoms with E-state index in [1.54, 1.807) is 29.1 Å². The van der Waals surface area contributed by atoms with Crippen LogP contribution in [0.1, 0.15) is 16.2 Å². The van der Waals surface area contributed by atoms with E-state index in [4.69, 9.17) is 9.47 Å². The Morgan fingerprint density at radius 2 is 2.15 bits per heavy atom. The van der Waals surface area contributed by atoms with Crippen LogP contribution in [0.3, 0.4) is 0 Å². The highest BCUT2D eigenvalue weighted by Crippen LogP contribution is 2.22. The second-order valence-corrected chi connectivity index (χ2v) is 5.68. The molecule has 138 valence electrons. The fourth-order valence-corrected chi connectivity index (χ4v) is 2.70. The van der Waals surface area contributed by atoms with Crippen molar-refractivity contribution in [2.24, 2.45) is 0 Å². The summed E-state index contributed by atoms with van der Waals surface area (Å²) in [5, 5.41) is 4.38. The lowest BCUT2D eigenvalue weighted by Crippen LogP contribution is -2.41. The van der Waals surface area contributed by atoms with Crippen LogP contribution >= 0.6 is 0 Å². The Morgan fingerprint density at radius 1 is 1.26 bits per heavy atom. The molecule has 0 aliphatic carbocycles. The van der Waals surface area contributed by atoms with Gasteiger partial charge in [0, 0.05) is 18.8 Å². The van der Waals surface area contributed by atoms with Gasteiger partial charge < -0.3 is 9.47 Å². The summed E-state index contributed by atoms with van der Waals surface area (Å²) in [6.07, 6.45) is 2.61. The first-order valence-corrected chi connectivity index (χ1v) is 8.14. The lowest BCUT2D eigenvalue weighted by atomic mass is 10.3. The molecule has 0 saturated carbocycles. The van der Waals surface area contributed by atoms with Crippen molar-refractivity contribution in [1.29, 1.82) is 0 Å². The number of carbonyl (C=O) groups is 1. The molecule has 27 heavy (non-hydrogen) atoms. The molecule has 0 radical (unpaired) electrons. The van der Waals surface area contributed by atoms with Crippen LogP contribution in [0.4, 0.5) is 10.3 Å². The molecule has 0 spiro atoms. The molecule has 1 aliphatic rings. The number of amides is 1. The van der Waals surface area contributed by atoms with Gasteiger partial charge in [0.05, 0.1) is 19.9 Å². The van der Waals surface area contributed by atoms with Crippen molar-refractivity contribution in [3.05, 3.63) is 53.9 Å². The van der Waals surface area contributed by atoms with Crippen molar-refractivity contribution in [3.63, 3.8) is 0 Å². The fourth-order valence-electron chi connectivity index (χ4n) is 2.70. The number of hydrogen-bond donors (Lipinski definition) is 0. The van der Waals surface area contributed by atoms with Crippen LogP contribution < -0.4 is 14.4 Å². The molecule has 9 nitrogen and oxygen atoms in total. The number of aromatic nitrogens is 5. The fraction of sp³-hybridized carbons (Fsp3) is 0.235. The summed E-state index contributed by atoms with van der Waals surface area (Å²) in [4.78, 5) is 26.1. The number of rotatable bonds is 5. The summed E-state index contributed by atoms with van der Waals surface area (Å²) in [5.74, 6) is -0.673. The molecule has 3 aromatic heterocycles. The van der Waals surface area contributed by atoms with Gasteiger partial charge in [0.2, 0.25) is 17.6 Å². The number of carbonyl (C=O) groups excluding carboxylic acids is 1. The van der Waals surface area contributed by atoms with Crippen LogP contribution in [0.25, 0.3) is 0 Å². The van der Waals surface area contributed by atoms with Crippen molar-refractivity contribution in [1.82, 2.24) is 24.7 Å². The summed E-state index contributed by atoms with van der Waals surface area (Å²) in [5.41, 5.74) is 0.983. The highest BCUT2D eigenvalue weighted by molar-refractivity contribution is 6.04. The van der Waals surface area contributed by atoms with E-state index in [2.05, 4.69) is 20.1 Å². The zero-order chi connectivity index (χ0) is 18.8. The third-order valence-corrected chi connectivity index (χ3v) is 3.97. The molecule has 0 saturated heterocycles. The van der Waals surface area contributed by atoms with Crippen molar-refractivity contribution < 1.29 is 18.7 Å². The minimum absolute atomic E-state index is 0.0805. The second kappa shape index (κ2) is 6.98. The SMILES string of the molecule is COc1nc(N2CCn3nc(COc4ccccn4)cc3C2=O)ncc1F. The number of fused-ring (bicyclic) bond motifs is 1. The second-order valence-electron chi connectivity index (χ2n) is 5.68. The Bertz CT molecular complexity index is 978.